The molecule has 0 unspecified atom stereocenters. The van der Waals surface area contributed by atoms with Crippen LogP contribution >= 0.6 is 0 Å². The number of hydrogen-bond acceptors (Lipinski definition) is 4. The molecule has 0 aliphatic rings. The smallest absolute Gasteiger partial charge is 0.338 e. The van der Waals surface area contributed by atoms with E-state index in [-0.39, 0.29) is 11.4 Å². The minimum Gasteiger partial charge on any atom is -0.465 e. The van der Waals surface area contributed by atoms with Gasteiger partial charge >= 0.3 is 5.97 Å². The SMILES string of the molecule is CCN(c1cccc(C(=O)OC)c1C)S(=O)(=O)c1ccc(F)cc1. The number of carbonyl (C=O) groups is 1. The number of halogens is 1. The Hall–Kier alpha value is -2.41. The maximum Gasteiger partial charge on any atom is 0.338 e. The van der Waals surface area contributed by atoms with Crippen molar-refractivity contribution in [3.63, 3.8) is 0 Å². The predicted molar refractivity (Wildman–Crippen MR) is 89.1 cm³/mol. The van der Waals surface area contributed by atoms with Gasteiger partial charge in [-0.25, -0.2) is 17.6 Å². The maximum atomic E-state index is 13.1. The van der Waals surface area contributed by atoms with Gasteiger partial charge in [0, 0.05) is 6.54 Å². The van der Waals surface area contributed by atoms with E-state index in [9.17, 15) is 17.6 Å². The zero-order valence-corrected chi connectivity index (χ0v) is 14.4. The van der Waals surface area contributed by atoms with Gasteiger partial charge in [0.05, 0.1) is 23.3 Å². The number of ether oxygens (including phenoxy) is 1. The molecule has 0 spiro atoms. The van der Waals surface area contributed by atoms with E-state index in [0.717, 1.165) is 12.1 Å². The van der Waals surface area contributed by atoms with Crippen LogP contribution in [0.3, 0.4) is 0 Å². The third-order valence-electron chi connectivity index (χ3n) is 3.67. The third kappa shape index (κ3) is 3.26. The van der Waals surface area contributed by atoms with Crippen molar-refractivity contribution in [3.05, 3.63) is 59.4 Å². The second-order valence-electron chi connectivity index (χ2n) is 5.06. The van der Waals surface area contributed by atoms with E-state index in [1.165, 1.54) is 23.5 Å². The summed E-state index contributed by atoms with van der Waals surface area (Å²) in [6, 6.07) is 9.41. The van der Waals surface area contributed by atoms with Gasteiger partial charge in [-0.3, -0.25) is 4.31 Å². The van der Waals surface area contributed by atoms with Crippen LogP contribution in [-0.2, 0) is 14.8 Å². The Labute approximate surface area is 140 Å². The van der Waals surface area contributed by atoms with Gasteiger partial charge in [0.2, 0.25) is 0 Å². The molecule has 2 rings (SSSR count). The molecular formula is C17H18FNO4S. The lowest BCUT2D eigenvalue weighted by Crippen LogP contribution is -2.31. The molecule has 0 aromatic heterocycles. The van der Waals surface area contributed by atoms with Gasteiger partial charge in [-0.1, -0.05) is 6.07 Å². The fourth-order valence-electron chi connectivity index (χ4n) is 2.43. The van der Waals surface area contributed by atoms with E-state index < -0.39 is 21.8 Å². The molecule has 2 aromatic carbocycles. The van der Waals surface area contributed by atoms with Crippen molar-refractivity contribution in [3.8, 4) is 0 Å². The Balaban J connectivity index is 2.56. The summed E-state index contributed by atoms with van der Waals surface area (Å²) in [6.07, 6.45) is 0. The van der Waals surface area contributed by atoms with Crippen molar-refractivity contribution >= 4 is 21.7 Å². The topological polar surface area (TPSA) is 63.7 Å². The zero-order valence-electron chi connectivity index (χ0n) is 13.6. The van der Waals surface area contributed by atoms with Crippen LogP contribution in [0, 0.1) is 12.7 Å². The van der Waals surface area contributed by atoms with E-state index in [2.05, 4.69) is 0 Å². The summed E-state index contributed by atoms with van der Waals surface area (Å²) in [5.41, 5.74) is 1.17. The summed E-state index contributed by atoms with van der Waals surface area (Å²) < 4.78 is 44.7. The monoisotopic (exact) mass is 351 g/mol. The highest BCUT2D eigenvalue weighted by molar-refractivity contribution is 7.92. The minimum atomic E-state index is -3.88. The third-order valence-corrected chi connectivity index (χ3v) is 5.57. The Bertz CT molecular complexity index is 847. The fourth-order valence-corrected chi connectivity index (χ4v) is 3.96. The van der Waals surface area contributed by atoms with Crippen LogP contribution in [0.4, 0.5) is 10.1 Å². The first-order chi connectivity index (χ1) is 11.3. The highest BCUT2D eigenvalue weighted by Crippen LogP contribution is 2.29. The first kappa shape index (κ1) is 17.9. The second-order valence-corrected chi connectivity index (χ2v) is 6.93. The summed E-state index contributed by atoms with van der Waals surface area (Å²) in [7, 11) is -2.61. The number of benzene rings is 2. The first-order valence-corrected chi connectivity index (χ1v) is 8.73. The molecule has 0 radical (unpaired) electrons. The van der Waals surface area contributed by atoms with Crippen LogP contribution in [0.1, 0.15) is 22.8 Å². The number of hydrogen-bond donors (Lipinski definition) is 0. The number of anilines is 1. The van der Waals surface area contributed by atoms with Crippen LogP contribution in [0.5, 0.6) is 0 Å². The van der Waals surface area contributed by atoms with Crippen LogP contribution in [-0.4, -0.2) is 28.0 Å². The largest absolute Gasteiger partial charge is 0.465 e. The summed E-state index contributed by atoms with van der Waals surface area (Å²) in [5, 5.41) is 0. The number of rotatable bonds is 5. The lowest BCUT2D eigenvalue weighted by atomic mass is 10.1. The Morgan fingerprint density at radius 1 is 1.17 bits per heavy atom. The lowest BCUT2D eigenvalue weighted by molar-refractivity contribution is 0.0600. The van der Waals surface area contributed by atoms with Gasteiger partial charge in [0.25, 0.3) is 10.0 Å². The first-order valence-electron chi connectivity index (χ1n) is 7.29. The molecule has 0 N–H and O–H groups in total. The number of carbonyl (C=O) groups excluding carboxylic acids is 1. The molecule has 24 heavy (non-hydrogen) atoms. The highest BCUT2D eigenvalue weighted by atomic mass is 32.2. The molecule has 0 saturated heterocycles. The predicted octanol–water partition coefficient (Wildman–Crippen LogP) is 3.14. The van der Waals surface area contributed by atoms with E-state index in [1.54, 1.807) is 32.0 Å². The van der Waals surface area contributed by atoms with Gasteiger partial charge in [-0.05, 0) is 55.8 Å². The Kier molecular flexibility index (Phi) is 5.23. The number of nitrogens with zero attached hydrogens (tertiary/aromatic N) is 1. The second kappa shape index (κ2) is 7.00. The molecule has 5 nitrogen and oxygen atoms in total. The average Bonchev–Trinajstić information content (AvgIpc) is 2.56. The van der Waals surface area contributed by atoms with Crippen molar-refractivity contribution in [2.45, 2.75) is 18.7 Å². The quantitative estimate of drug-likeness (QED) is 0.777. The van der Waals surface area contributed by atoms with Gasteiger partial charge in [-0.15, -0.1) is 0 Å². The van der Waals surface area contributed by atoms with E-state index in [4.69, 9.17) is 4.74 Å². The molecule has 0 fully saturated rings. The minimum absolute atomic E-state index is 0.0198. The molecule has 0 bridgehead atoms. The average molecular weight is 351 g/mol. The maximum absolute atomic E-state index is 13.1. The molecule has 2 aromatic rings. The van der Waals surface area contributed by atoms with Gasteiger partial charge < -0.3 is 4.74 Å². The summed E-state index contributed by atoms with van der Waals surface area (Å²) >= 11 is 0. The molecule has 0 aliphatic carbocycles. The van der Waals surface area contributed by atoms with Crippen molar-refractivity contribution in [1.82, 2.24) is 0 Å². The molecule has 0 aliphatic heterocycles. The molecule has 0 saturated carbocycles. The van der Waals surface area contributed by atoms with Gasteiger partial charge in [-0.2, -0.15) is 0 Å². The van der Waals surface area contributed by atoms with Crippen LogP contribution in [0.15, 0.2) is 47.4 Å². The van der Waals surface area contributed by atoms with Crippen LogP contribution < -0.4 is 4.31 Å². The highest BCUT2D eigenvalue weighted by Gasteiger charge is 2.26. The van der Waals surface area contributed by atoms with E-state index >= 15 is 0 Å². The molecule has 0 heterocycles. The number of esters is 1. The molecular weight excluding hydrogens is 333 g/mol. The van der Waals surface area contributed by atoms with Crippen molar-refractivity contribution in [1.29, 1.82) is 0 Å². The van der Waals surface area contributed by atoms with Crippen LogP contribution in [0.25, 0.3) is 0 Å². The Morgan fingerprint density at radius 2 is 1.79 bits per heavy atom. The summed E-state index contributed by atoms with van der Waals surface area (Å²) in [4.78, 5) is 11.8. The molecule has 7 heteroatoms. The molecule has 128 valence electrons. The van der Waals surface area contributed by atoms with Crippen molar-refractivity contribution < 1.29 is 22.3 Å². The standard InChI is InChI=1S/C17H18FNO4S/c1-4-19(24(21,22)14-10-8-13(18)9-11-14)16-7-5-6-15(12(16)2)17(20)23-3/h5-11H,4H2,1-3H3. The van der Waals surface area contributed by atoms with Gasteiger partial charge in [0.1, 0.15) is 5.82 Å². The summed E-state index contributed by atoms with van der Waals surface area (Å²) in [6.45, 7) is 3.50. The number of sulfonamides is 1. The van der Waals surface area contributed by atoms with E-state index in [0.29, 0.717) is 16.8 Å². The van der Waals surface area contributed by atoms with Gasteiger partial charge in [0.15, 0.2) is 0 Å². The Morgan fingerprint density at radius 3 is 2.33 bits per heavy atom. The fraction of sp³-hybridized carbons (Fsp3) is 0.235. The summed E-state index contributed by atoms with van der Waals surface area (Å²) in [5.74, 6) is -1.05. The normalized spacial score (nSPS) is 11.2. The molecule has 0 atom stereocenters. The van der Waals surface area contributed by atoms with E-state index in [1.807, 2.05) is 0 Å². The number of methoxy groups -OCH3 is 1. The molecule has 0 amide bonds. The lowest BCUT2D eigenvalue weighted by Gasteiger charge is -2.25. The van der Waals surface area contributed by atoms with Crippen LogP contribution in [0.2, 0.25) is 0 Å². The van der Waals surface area contributed by atoms with Crippen molar-refractivity contribution in [2.75, 3.05) is 18.0 Å². The zero-order chi connectivity index (χ0) is 17.9. The van der Waals surface area contributed by atoms with Crippen molar-refractivity contribution in [2.24, 2.45) is 0 Å².